The van der Waals surface area contributed by atoms with Gasteiger partial charge in [-0.25, -0.2) is 9.59 Å². The predicted molar refractivity (Wildman–Crippen MR) is 425 cm³/mol. The number of aliphatic carboxylic acids is 4. The van der Waals surface area contributed by atoms with Gasteiger partial charge in [-0.05, 0) is 118 Å². The molecule has 38 heteroatoms. The lowest BCUT2D eigenvalue weighted by Gasteiger charge is -2.33. The van der Waals surface area contributed by atoms with Crippen molar-refractivity contribution < 1.29 is 112 Å². The van der Waals surface area contributed by atoms with E-state index in [1.54, 1.807) is 147 Å². The molecule has 0 bridgehead atoms. The molecule has 634 valence electrons. The first-order valence-corrected chi connectivity index (χ1v) is 40.0. The number of hydrogen-bond acceptors (Lipinski definition) is 24. The highest BCUT2D eigenvalue weighted by Gasteiger charge is 2.39. The number of ether oxygens (including phenoxy) is 3. The van der Waals surface area contributed by atoms with Crippen molar-refractivity contribution in [2.75, 3.05) is 83.6 Å². The number of para-hydroxylation sites is 1. The van der Waals surface area contributed by atoms with Crippen molar-refractivity contribution >= 4 is 116 Å². The number of carbonyl (C=O) groups is 14. The molecule has 5 rings (SSSR count). The Hall–Kier alpha value is -9.96. The van der Waals surface area contributed by atoms with Crippen LogP contribution in [0.2, 0.25) is 0 Å². The summed E-state index contributed by atoms with van der Waals surface area (Å²) in [6, 6.07) is 10.4. The van der Waals surface area contributed by atoms with Crippen LogP contribution < -0.4 is 47.9 Å². The Morgan fingerprint density at radius 1 is 0.565 bits per heavy atom. The third-order valence-electron chi connectivity index (χ3n) is 17.3. The Kier molecular flexibility index (Phi) is 38.2. The van der Waals surface area contributed by atoms with Crippen LogP contribution in [0, 0.1) is 0 Å². The Bertz CT molecular complexity index is 3950. The number of nitrogens with zero attached hydrogens (tertiary/aromatic N) is 4. The number of fused-ring (bicyclic) bond motifs is 1. The molecule has 3 aromatic carbocycles. The van der Waals surface area contributed by atoms with Crippen LogP contribution in [0.25, 0.3) is 10.9 Å². The second-order valence-electron chi connectivity index (χ2n) is 30.8. The molecule has 36 nitrogen and oxygen atoms in total. The normalized spacial score (nSPS) is 18.9. The Morgan fingerprint density at radius 3 is 1.63 bits per heavy atom. The summed E-state index contributed by atoms with van der Waals surface area (Å²) in [4.78, 5) is 199. The molecule has 2 heterocycles. The van der Waals surface area contributed by atoms with Gasteiger partial charge in [-0.2, -0.15) is 0 Å². The zero-order valence-corrected chi connectivity index (χ0v) is 68.2. The van der Waals surface area contributed by atoms with Crippen molar-refractivity contribution in [2.24, 2.45) is 0 Å². The average molecular weight is 1650 g/mol. The molecular formula is C77H111N13O23S2. The minimum absolute atomic E-state index is 0.0352. The molecule has 0 spiro atoms. The van der Waals surface area contributed by atoms with Gasteiger partial charge in [0.05, 0.1) is 68.7 Å². The predicted octanol–water partition coefficient (Wildman–Crippen LogP) is 1.24. The van der Waals surface area contributed by atoms with E-state index < -0.39 is 212 Å². The summed E-state index contributed by atoms with van der Waals surface area (Å²) in [6.07, 6.45) is -3.52. The quantitative estimate of drug-likeness (QED) is 0.0225. The van der Waals surface area contributed by atoms with Crippen LogP contribution in [-0.4, -0.2) is 294 Å². The summed E-state index contributed by atoms with van der Waals surface area (Å²) in [6.45, 7) is 12.5. The molecule has 0 unspecified atom stereocenters. The number of alkyl carbamates (subject to hydrolysis) is 1. The number of unbranched alkanes of at least 4 members (excludes halogenated alkanes) is 1. The van der Waals surface area contributed by atoms with Gasteiger partial charge in [0.25, 0.3) is 0 Å². The third kappa shape index (κ3) is 35.4. The maximum atomic E-state index is 15.7. The maximum absolute atomic E-state index is 15.7. The maximum Gasteiger partial charge on any atom is 0.419 e. The number of aliphatic hydroxyl groups excluding tert-OH is 2. The minimum atomic E-state index is -1.72. The Balaban J connectivity index is 1.69. The van der Waals surface area contributed by atoms with Crippen molar-refractivity contribution in [3.63, 3.8) is 0 Å². The lowest BCUT2D eigenvalue weighted by Crippen LogP contribution is -2.63. The second kappa shape index (κ2) is 46.0. The summed E-state index contributed by atoms with van der Waals surface area (Å²) >= 11 is 0. The molecule has 15 N–H and O–H groups in total. The van der Waals surface area contributed by atoms with Gasteiger partial charge < -0.3 is 92.7 Å². The number of aliphatic hydroxyl groups is 2. The van der Waals surface area contributed by atoms with E-state index in [9.17, 15) is 69.0 Å². The monoisotopic (exact) mass is 1650 g/mol. The number of aromatic nitrogens is 1. The minimum Gasteiger partial charge on any atom is -0.480 e. The van der Waals surface area contributed by atoms with Gasteiger partial charge in [-0.1, -0.05) is 100 Å². The molecule has 4 aromatic rings. The average Bonchev–Trinajstić information content (AvgIpc) is 1.64. The van der Waals surface area contributed by atoms with Gasteiger partial charge in [0.2, 0.25) is 47.3 Å². The molecule has 1 aliphatic rings. The van der Waals surface area contributed by atoms with Gasteiger partial charge in [-0.15, -0.1) is 0 Å². The van der Waals surface area contributed by atoms with Crippen molar-refractivity contribution in [2.45, 2.75) is 192 Å². The standard InChI is InChI=1S/C77H111N13O23S2/c1-46(92)56(43-91)83-71(107)58-45-115-114-44-57(84-67(103)53(34-48-22-14-12-15-23-48)79-60(93)38-88(40-62(96)97)32-30-87(39-61(94)95)31-33-89(41-63(98)99)42-64(100)101)70(106)81-54(35-49-24-16-13-17-25-49)68(104)82-55(36-50-37-90(74(110)113-77(9,10)11)59-28-19-18-26-51(50)59)69(105)80-52(27-20-21-29-78-73(109)112-76(6,7)8)66(102)86-65(72(108)85-58)47(2)111-75(3,4)5/h12-19,22-26,28,37,46-47,52-58,65,91-92H,20-21,27,29-36,38-45H2,1-11H3,(H,78,109)(H,79,93)(H,80,105)(H,81,106)(H,82,104)(H,83,107)(H,84,103)(H,85,108)(H,86,102)(H,94,95)(H,96,97)(H,98,99)(H,100,101)/t46-,47-,52+,53-,54+,55-,56-,57+,58+,65+/m1/s1. The molecule has 0 saturated carbocycles. The molecular weight excluding hydrogens is 1540 g/mol. The molecule has 9 amide bonds. The van der Waals surface area contributed by atoms with Gasteiger partial charge in [-0.3, -0.25) is 76.8 Å². The van der Waals surface area contributed by atoms with Gasteiger partial charge in [0.15, 0.2) is 0 Å². The van der Waals surface area contributed by atoms with Crippen molar-refractivity contribution in [3.05, 3.63) is 108 Å². The fourth-order valence-electron chi connectivity index (χ4n) is 12.0. The first kappa shape index (κ1) is 95.6. The van der Waals surface area contributed by atoms with Crippen LogP contribution in [0.15, 0.2) is 91.1 Å². The fourth-order valence-corrected chi connectivity index (χ4v) is 14.3. The number of carboxylic acids is 4. The van der Waals surface area contributed by atoms with E-state index in [1.165, 1.54) is 29.5 Å². The topological polar surface area (TPSA) is 511 Å². The van der Waals surface area contributed by atoms with Crippen LogP contribution in [0.4, 0.5) is 9.59 Å². The molecule has 1 aromatic heterocycles. The fraction of sp³-hybridized carbons (Fsp3) is 0.558. The highest BCUT2D eigenvalue weighted by Crippen LogP contribution is 2.27. The van der Waals surface area contributed by atoms with Crippen LogP contribution in [0.3, 0.4) is 0 Å². The zero-order valence-electron chi connectivity index (χ0n) is 66.6. The Morgan fingerprint density at radius 2 is 1.07 bits per heavy atom. The van der Waals surface area contributed by atoms with Crippen molar-refractivity contribution in [1.82, 2.24) is 67.1 Å². The number of nitrogens with one attached hydrogen (secondary N) is 9. The van der Waals surface area contributed by atoms with Crippen LogP contribution in [-0.2, 0) is 91.0 Å². The van der Waals surface area contributed by atoms with Crippen LogP contribution in [0.1, 0.15) is 112 Å². The highest BCUT2D eigenvalue weighted by molar-refractivity contribution is 8.76. The SMILES string of the molecule is C[C@@H](O)[C@@H](CO)NC(=O)[C@@H]1CSSC[C@H](NC(=O)[C@@H](Cc2ccccc2)NC(=O)CN(CCN(CCN(CC(=O)O)CC(=O)O)CC(=O)O)CC(=O)O)C(=O)N[C@@H](Cc2ccccc2)C(=O)N[C@H](Cc2cn(C(=O)OC(C)(C)C)c3ccccc23)C(=O)N[C@@H](CCCCNC(=O)OC(C)(C)C)C(=O)N[C@@H]([C@@H](C)OC(C)(C)C)C(=O)N1. The molecule has 1 saturated heterocycles. The van der Waals surface area contributed by atoms with Crippen molar-refractivity contribution in [1.29, 1.82) is 0 Å². The van der Waals surface area contributed by atoms with E-state index in [4.69, 9.17) is 14.2 Å². The molecule has 115 heavy (non-hydrogen) atoms. The van der Waals surface area contributed by atoms with Gasteiger partial charge >= 0.3 is 36.1 Å². The first-order chi connectivity index (χ1) is 54.0. The summed E-state index contributed by atoms with van der Waals surface area (Å²) < 4.78 is 18.7. The number of benzene rings is 3. The lowest BCUT2D eigenvalue weighted by atomic mass is 10.0. The number of hydrogen-bond donors (Lipinski definition) is 15. The zero-order chi connectivity index (χ0) is 85.5. The van der Waals surface area contributed by atoms with Gasteiger partial charge in [0, 0.05) is 75.1 Å². The summed E-state index contributed by atoms with van der Waals surface area (Å²) in [5.41, 5.74) is -1.23. The highest BCUT2D eigenvalue weighted by atomic mass is 33.1. The molecule has 1 aliphatic heterocycles. The Labute approximate surface area is 675 Å². The summed E-state index contributed by atoms with van der Waals surface area (Å²) in [5.74, 6) is -14.2. The number of carboxylic acid groups (broad SMARTS) is 4. The van der Waals surface area contributed by atoms with E-state index in [0.717, 1.165) is 31.4 Å². The molecule has 10 atom stereocenters. The van der Waals surface area contributed by atoms with E-state index in [2.05, 4.69) is 47.9 Å². The third-order valence-corrected chi connectivity index (χ3v) is 19.7. The number of carbonyl (C=O) groups excluding carboxylic acids is 10. The molecule has 1 fully saturated rings. The number of amides is 9. The van der Waals surface area contributed by atoms with E-state index in [0.29, 0.717) is 27.6 Å². The summed E-state index contributed by atoms with van der Waals surface area (Å²) in [5, 5.41) is 84.3. The van der Waals surface area contributed by atoms with Crippen LogP contribution >= 0.6 is 21.6 Å². The molecule has 0 aliphatic carbocycles. The van der Waals surface area contributed by atoms with Crippen molar-refractivity contribution in [3.8, 4) is 0 Å². The largest absolute Gasteiger partial charge is 0.480 e. The van der Waals surface area contributed by atoms with Crippen LogP contribution in [0.5, 0.6) is 0 Å². The van der Waals surface area contributed by atoms with E-state index in [1.807, 2.05) is 0 Å². The smallest absolute Gasteiger partial charge is 0.419 e. The second-order valence-corrected chi connectivity index (χ2v) is 33.3. The van der Waals surface area contributed by atoms with E-state index >= 15 is 28.8 Å². The van der Waals surface area contributed by atoms with Gasteiger partial charge in [0.1, 0.15) is 53.5 Å². The first-order valence-electron chi connectivity index (χ1n) is 37.5. The van der Waals surface area contributed by atoms with E-state index in [-0.39, 0.29) is 70.6 Å². The lowest BCUT2D eigenvalue weighted by molar-refractivity contribution is -0.143. The number of rotatable bonds is 36. The molecule has 0 radical (unpaired) electrons. The summed E-state index contributed by atoms with van der Waals surface area (Å²) in [7, 11) is 1.76.